The summed E-state index contributed by atoms with van der Waals surface area (Å²) in [5.74, 6) is -0.745. The van der Waals surface area contributed by atoms with Crippen LogP contribution >= 0.6 is 23.5 Å². The predicted octanol–water partition coefficient (Wildman–Crippen LogP) is 2.50. The summed E-state index contributed by atoms with van der Waals surface area (Å²) in [5.41, 5.74) is 2.11. The third kappa shape index (κ3) is 3.84. The standard InChI is InChI=1S/C15H14N2O3S2/c1-9-3-5-10(6-4-9)14-17-13(19)11(7-16)15(22-14)21-8-12(18)20-2/h3-6,14H,8H2,1-2H3,(H,17,19)/t14-/m1/s1. The molecule has 1 aromatic rings. The third-order valence-electron chi connectivity index (χ3n) is 2.96. The van der Waals surface area contributed by atoms with E-state index in [1.54, 1.807) is 0 Å². The molecule has 0 aromatic heterocycles. The molecule has 0 unspecified atom stereocenters. The van der Waals surface area contributed by atoms with Crippen LogP contribution in [0.15, 0.2) is 34.1 Å². The summed E-state index contributed by atoms with van der Waals surface area (Å²) in [6.07, 6.45) is 0. The molecule has 22 heavy (non-hydrogen) atoms. The maximum absolute atomic E-state index is 12.1. The van der Waals surface area contributed by atoms with E-state index in [4.69, 9.17) is 5.26 Å². The number of carbonyl (C=O) groups excluding carboxylic acids is 2. The van der Waals surface area contributed by atoms with Crippen molar-refractivity contribution in [3.8, 4) is 6.07 Å². The molecule has 1 N–H and O–H groups in total. The Hall–Kier alpha value is -1.91. The fourth-order valence-corrected chi connectivity index (χ4v) is 4.07. The van der Waals surface area contributed by atoms with Crippen LogP contribution in [0.5, 0.6) is 0 Å². The van der Waals surface area contributed by atoms with E-state index < -0.39 is 11.9 Å². The Kier molecular flexibility index (Phi) is 5.52. The Labute approximate surface area is 137 Å². The minimum atomic E-state index is -0.417. The quantitative estimate of drug-likeness (QED) is 0.852. The van der Waals surface area contributed by atoms with Crippen molar-refractivity contribution < 1.29 is 14.3 Å². The highest BCUT2D eigenvalue weighted by molar-refractivity contribution is 8.22. The van der Waals surface area contributed by atoms with E-state index in [0.717, 1.165) is 22.9 Å². The zero-order valence-corrected chi connectivity index (χ0v) is 13.7. The average molecular weight is 334 g/mol. The van der Waals surface area contributed by atoms with E-state index in [2.05, 4.69) is 10.1 Å². The number of esters is 1. The second kappa shape index (κ2) is 7.38. The van der Waals surface area contributed by atoms with Gasteiger partial charge in [0.25, 0.3) is 5.91 Å². The Morgan fingerprint density at radius 2 is 2.14 bits per heavy atom. The average Bonchev–Trinajstić information content (AvgIpc) is 2.52. The van der Waals surface area contributed by atoms with Crippen molar-refractivity contribution in [2.75, 3.05) is 12.9 Å². The van der Waals surface area contributed by atoms with Crippen LogP contribution in [0.25, 0.3) is 0 Å². The number of methoxy groups -OCH3 is 1. The number of amides is 1. The molecule has 2 rings (SSSR count). The second-order valence-electron chi connectivity index (χ2n) is 4.52. The molecule has 7 heteroatoms. The molecule has 0 spiro atoms. The molecule has 0 saturated heterocycles. The van der Waals surface area contributed by atoms with Crippen LogP contribution in [0.3, 0.4) is 0 Å². The number of carbonyl (C=O) groups is 2. The number of hydrogen-bond donors (Lipinski definition) is 1. The smallest absolute Gasteiger partial charge is 0.316 e. The van der Waals surface area contributed by atoms with Crippen molar-refractivity contribution in [3.05, 3.63) is 45.2 Å². The van der Waals surface area contributed by atoms with Gasteiger partial charge in [0.05, 0.1) is 17.1 Å². The highest BCUT2D eigenvalue weighted by Crippen LogP contribution is 2.43. The van der Waals surface area contributed by atoms with Crippen molar-refractivity contribution in [3.63, 3.8) is 0 Å². The first-order valence-electron chi connectivity index (χ1n) is 6.43. The van der Waals surface area contributed by atoms with Crippen LogP contribution in [-0.4, -0.2) is 24.7 Å². The summed E-state index contributed by atoms with van der Waals surface area (Å²) in [7, 11) is 1.30. The molecule has 0 bridgehead atoms. The Morgan fingerprint density at radius 1 is 1.45 bits per heavy atom. The molecule has 1 aliphatic rings. The molecule has 0 fully saturated rings. The van der Waals surface area contributed by atoms with E-state index in [9.17, 15) is 9.59 Å². The normalized spacial score (nSPS) is 17.7. The van der Waals surface area contributed by atoms with Gasteiger partial charge in [-0.2, -0.15) is 5.26 Å². The zero-order valence-electron chi connectivity index (χ0n) is 12.1. The second-order valence-corrected chi connectivity index (χ2v) is 6.88. The Balaban J connectivity index is 2.21. The van der Waals surface area contributed by atoms with E-state index in [1.165, 1.54) is 18.9 Å². The summed E-state index contributed by atoms with van der Waals surface area (Å²) in [5, 5.41) is 11.7. The van der Waals surface area contributed by atoms with Gasteiger partial charge >= 0.3 is 5.97 Å². The van der Waals surface area contributed by atoms with Gasteiger partial charge in [0.15, 0.2) is 0 Å². The Morgan fingerprint density at radius 3 is 2.73 bits per heavy atom. The molecule has 1 heterocycles. The lowest BCUT2D eigenvalue weighted by Gasteiger charge is -2.25. The molecule has 1 amide bonds. The lowest BCUT2D eigenvalue weighted by molar-refractivity contribution is -0.137. The maximum atomic E-state index is 12.1. The van der Waals surface area contributed by atoms with Gasteiger partial charge in [-0.1, -0.05) is 41.6 Å². The predicted molar refractivity (Wildman–Crippen MR) is 86.8 cm³/mol. The van der Waals surface area contributed by atoms with Crippen LogP contribution in [-0.2, 0) is 14.3 Å². The van der Waals surface area contributed by atoms with Gasteiger partial charge in [-0.15, -0.1) is 11.8 Å². The number of rotatable bonds is 4. The number of hydrogen-bond acceptors (Lipinski definition) is 6. The number of nitrogens with one attached hydrogen (secondary N) is 1. The van der Waals surface area contributed by atoms with Gasteiger partial charge < -0.3 is 10.1 Å². The number of aryl methyl sites for hydroxylation is 1. The zero-order chi connectivity index (χ0) is 16.1. The number of nitriles is 1. The minimum absolute atomic E-state index is 0.0438. The van der Waals surface area contributed by atoms with Crippen molar-refractivity contribution in [2.45, 2.75) is 12.3 Å². The minimum Gasteiger partial charge on any atom is -0.468 e. The van der Waals surface area contributed by atoms with Gasteiger partial charge in [0.1, 0.15) is 17.0 Å². The monoisotopic (exact) mass is 334 g/mol. The molecule has 1 atom stereocenters. The fourth-order valence-electron chi connectivity index (χ4n) is 1.76. The third-order valence-corrected chi connectivity index (χ3v) is 5.49. The van der Waals surface area contributed by atoms with Crippen molar-refractivity contribution in [1.29, 1.82) is 5.26 Å². The van der Waals surface area contributed by atoms with Crippen molar-refractivity contribution in [1.82, 2.24) is 5.32 Å². The van der Waals surface area contributed by atoms with E-state index in [-0.39, 0.29) is 16.7 Å². The first-order chi connectivity index (χ1) is 10.5. The maximum Gasteiger partial charge on any atom is 0.316 e. The summed E-state index contributed by atoms with van der Waals surface area (Å²) in [6.45, 7) is 1.99. The van der Waals surface area contributed by atoms with Crippen LogP contribution < -0.4 is 5.32 Å². The van der Waals surface area contributed by atoms with Gasteiger partial charge in [0.2, 0.25) is 0 Å². The van der Waals surface area contributed by atoms with Crippen molar-refractivity contribution >= 4 is 35.4 Å². The van der Waals surface area contributed by atoms with E-state index in [1.807, 2.05) is 37.3 Å². The molecule has 5 nitrogen and oxygen atoms in total. The summed E-state index contributed by atoms with van der Waals surface area (Å²) in [6, 6.07) is 9.71. The lowest BCUT2D eigenvalue weighted by Crippen LogP contribution is -2.31. The van der Waals surface area contributed by atoms with Gasteiger partial charge in [-0.05, 0) is 12.5 Å². The molecule has 1 aromatic carbocycles. The highest BCUT2D eigenvalue weighted by atomic mass is 32.2. The number of benzene rings is 1. The number of nitrogens with zero attached hydrogens (tertiary/aromatic N) is 1. The lowest BCUT2D eigenvalue weighted by atomic mass is 10.1. The molecule has 114 valence electrons. The molecule has 0 saturated carbocycles. The van der Waals surface area contributed by atoms with Crippen LogP contribution in [0.2, 0.25) is 0 Å². The van der Waals surface area contributed by atoms with Crippen LogP contribution in [0.4, 0.5) is 0 Å². The fraction of sp³-hybridized carbons (Fsp3) is 0.267. The summed E-state index contributed by atoms with van der Waals surface area (Å²) in [4.78, 5) is 23.3. The molecule has 0 aliphatic carbocycles. The first-order valence-corrected chi connectivity index (χ1v) is 8.29. The van der Waals surface area contributed by atoms with E-state index in [0.29, 0.717) is 4.24 Å². The SMILES string of the molecule is COC(=O)CSC1=C(C#N)C(=O)N[C@@H](c2ccc(C)cc2)S1. The van der Waals surface area contributed by atoms with Crippen LogP contribution in [0, 0.1) is 18.3 Å². The van der Waals surface area contributed by atoms with Crippen molar-refractivity contribution in [2.24, 2.45) is 0 Å². The van der Waals surface area contributed by atoms with Gasteiger partial charge in [0, 0.05) is 0 Å². The molecule has 1 aliphatic heterocycles. The Bertz CT molecular complexity index is 662. The first kappa shape index (κ1) is 16.5. The molecular formula is C15H14N2O3S2. The molecule has 0 radical (unpaired) electrons. The van der Waals surface area contributed by atoms with Gasteiger partial charge in [-0.3, -0.25) is 9.59 Å². The summed E-state index contributed by atoms with van der Waals surface area (Å²) >= 11 is 2.51. The number of thioether (sulfide) groups is 2. The van der Waals surface area contributed by atoms with Crippen LogP contribution in [0.1, 0.15) is 16.5 Å². The van der Waals surface area contributed by atoms with E-state index >= 15 is 0 Å². The summed E-state index contributed by atoms with van der Waals surface area (Å²) < 4.78 is 5.13. The molecular weight excluding hydrogens is 320 g/mol. The largest absolute Gasteiger partial charge is 0.468 e. The highest BCUT2D eigenvalue weighted by Gasteiger charge is 2.29. The van der Waals surface area contributed by atoms with Gasteiger partial charge in [-0.25, -0.2) is 0 Å². The number of ether oxygens (including phenoxy) is 1. The topological polar surface area (TPSA) is 79.2 Å².